The summed E-state index contributed by atoms with van der Waals surface area (Å²) in [5.74, 6) is 0. The summed E-state index contributed by atoms with van der Waals surface area (Å²) in [4.78, 5) is 13.8. The number of aromatic amines is 1. The maximum atomic E-state index is 13.2. The second-order valence-corrected chi connectivity index (χ2v) is 6.91. The molecular weight excluding hydrogens is 307 g/mol. The fourth-order valence-electron chi connectivity index (χ4n) is 3.71. The van der Waals surface area contributed by atoms with E-state index in [1.807, 2.05) is 12.0 Å². The Hall–Kier alpha value is -1.63. The summed E-state index contributed by atoms with van der Waals surface area (Å²) in [6.45, 7) is 9.71. The van der Waals surface area contributed by atoms with Gasteiger partial charge < -0.3 is 0 Å². The van der Waals surface area contributed by atoms with Crippen molar-refractivity contribution in [3.8, 4) is 0 Å². The molecule has 1 fully saturated rings. The molecule has 1 N–H and O–H groups in total. The first-order valence-electron chi connectivity index (χ1n) is 7.72. The van der Waals surface area contributed by atoms with E-state index >= 15 is 0 Å². The zero-order chi connectivity index (χ0) is 17.0. The molecule has 126 valence electrons. The van der Waals surface area contributed by atoms with Gasteiger partial charge in [-0.2, -0.15) is 18.3 Å². The molecule has 0 radical (unpaired) electrons. The molecule has 0 aromatic carbocycles. The summed E-state index contributed by atoms with van der Waals surface area (Å²) < 4.78 is 39.5. The molecule has 7 heteroatoms. The van der Waals surface area contributed by atoms with Crippen molar-refractivity contribution in [3.05, 3.63) is 39.3 Å². The molecular formula is C16H20F3N3O. The highest BCUT2D eigenvalue weighted by molar-refractivity contribution is 5.36. The number of fused-ring (bicyclic) bond motifs is 1. The zero-order valence-electron chi connectivity index (χ0n) is 13.3. The highest BCUT2D eigenvalue weighted by Crippen LogP contribution is 2.45. The van der Waals surface area contributed by atoms with E-state index in [4.69, 9.17) is 0 Å². The van der Waals surface area contributed by atoms with Crippen LogP contribution in [0.2, 0.25) is 0 Å². The van der Waals surface area contributed by atoms with Gasteiger partial charge in [0.05, 0.1) is 11.7 Å². The first-order valence-corrected chi connectivity index (χ1v) is 7.72. The average molecular weight is 327 g/mol. The molecule has 0 bridgehead atoms. The lowest BCUT2D eigenvalue weighted by atomic mass is 9.83. The summed E-state index contributed by atoms with van der Waals surface area (Å²) in [5, 5.41) is 5.98. The predicted octanol–water partition coefficient (Wildman–Crippen LogP) is 3.06. The van der Waals surface area contributed by atoms with Crippen molar-refractivity contribution in [3.63, 3.8) is 0 Å². The third kappa shape index (κ3) is 2.60. The van der Waals surface area contributed by atoms with Crippen LogP contribution in [0.5, 0.6) is 0 Å². The monoisotopic (exact) mass is 327 g/mol. The Bertz CT molecular complexity index is 710. The number of H-pyrrole nitrogens is 1. The minimum absolute atomic E-state index is 0.0161. The van der Waals surface area contributed by atoms with Gasteiger partial charge in [-0.15, -0.1) is 0 Å². The molecule has 1 aromatic rings. The van der Waals surface area contributed by atoms with Crippen molar-refractivity contribution in [2.45, 2.75) is 45.3 Å². The maximum Gasteiger partial charge on any atom is 0.422 e. The fourth-order valence-corrected chi connectivity index (χ4v) is 3.71. The molecule has 2 unspecified atom stereocenters. The van der Waals surface area contributed by atoms with Crippen LogP contribution in [0.25, 0.3) is 0 Å². The van der Waals surface area contributed by atoms with E-state index in [0.29, 0.717) is 12.1 Å². The van der Waals surface area contributed by atoms with Crippen molar-refractivity contribution in [2.24, 2.45) is 5.41 Å². The largest absolute Gasteiger partial charge is 0.422 e. The third-order valence-electron chi connectivity index (χ3n) is 5.36. The van der Waals surface area contributed by atoms with E-state index in [9.17, 15) is 18.0 Å². The number of aromatic nitrogens is 2. The number of likely N-dealkylation sites (tertiary alicyclic amines) is 1. The summed E-state index contributed by atoms with van der Waals surface area (Å²) in [5.41, 5.74) is -0.712. The van der Waals surface area contributed by atoms with Crippen LogP contribution in [0, 0.1) is 5.41 Å². The highest BCUT2D eigenvalue weighted by atomic mass is 19.4. The predicted molar refractivity (Wildman–Crippen MR) is 80.0 cm³/mol. The molecule has 23 heavy (non-hydrogen) atoms. The first-order chi connectivity index (χ1) is 10.6. The van der Waals surface area contributed by atoms with Gasteiger partial charge in [-0.3, -0.25) is 9.69 Å². The molecule has 0 saturated carbocycles. The summed E-state index contributed by atoms with van der Waals surface area (Å²) in [6, 6.07) is -0.163. The number of nitrogens with zero attached hydrogens (tertiary/aromatic N) is 2. The second-order valence-electron chi connectivity index (χ2n) is 6.91. The SMILES string of the molecule is C=C(C)C1(C)CCN(C2CCc3c2n[nH]c(=O)c3C(F)(F)F)C1. The third-order valence-corrected chi connectivity index (χ3v) is 5.36. The van der Waals surface area contributed by atoms with E-state index in [0.717, 1.165) is 25.1 Å². The van der Waals surface area contributed by atoms with E-state index in [1.165, 1.54) is 0 Å². The van der Waals surface area contributed by atoms with Crippen molar-refractivity contribution in [1.29, 1.82) is 0 Å². The van der Waals surface area contributed by atoms with Crippen LogP contribution in [0.3, 0.4) is 0 Å². The molecule has 2 heterocycles. The Morgan fingerprint density at radius 1 is 1.48 bits per heavy atom. The van der Waals surface area contributed by atoms with Gasteiger partial charge in [-0.25, -0.2) is 5.10 Å². The average Bonchev–Trinajstić information content (AvgIpc) is 3.01. The summed E-state index contributed by atoms with van der Waals surface area (Å²) in [7, 11) is 0. The van der Waals surface area contributed by atoms with Gasteiger partial charge in [0.25, 0.3) is 5.56 Å². The molecule has 2 atom stereocenters. The van der Waals surface area contributed by atoms with E-state index in [-0.39, 0.29) is 23.4 Å². The highest BCUT2D eigenvalue weighted by Gasteiger charge is 2.45. The Kier molecular flexibility index (Phi) is 3.66. The molecule has 1 saturated heterocycles. The normalized spacial score (nSPS) is 28.1. The number of nitrogens with one attached hydrogen (secondary N) is 1. The standard InChI is InChI=1S/C16H20F3N3O/c1-9(2)15(3)6-7-22(8-15)11-5-4-10-12(16(17,18)19)14(23)21-20-13(10)11/h11H,1,4-8H2,2-3H3,(H,21,23). The van der Waals surface area contributed by atoms with Gasteiger partial charge in [-0.05, 0) is 38.3 Å². The van der Waals surface area contributed by atoms with Crippen LogP contribution in [-0.2, 0) is 12.6 Å². The van der Waals surface area contributed by atoms with Crippen LogP contribution in [0.15, 0.2) is 16.9 Å². The molecule has 1 aromatic heterocycles. The summed E-state index contributed by atoms with van der Waals surface area (Å²) >= 11 is 0. The van der Waals surface area contributed by atoms with Gasteiger partial charge in [0, 0.05) is 12.0 Å². The van der Waals surface area contributed by atoms with Gasteiger partial charge in [0.2, 0.25) is 0 Å². The Morgan fingerprint density at radius 2 is 2.17 bits per heavy atom. The smallest absolute Gasteiger partial charge is 0.294 e. The van der Waals surface area contributed by atoms with Gasteiger partial charge in [0.1, 0.15) is 5.56 Å². The van der Waals surface area contributed by atoms with Crippen LogP contribution >= 0.6 is 0 Å². The number of halogens is 3. The first kappa shape index (κ1) is 16.2. The molecule has 1 aliphatic carbocycles. The van der Waals surface area contributed by atoms with Crippen LogP contribution in [0.4, 0.5) is 13.2 Å². The topological polar surface area (TPSA) is 49.0 Å². The fraction of sp³-hybridized carbons (Fsp3) is 0.625. The second kappa shape index (κ2) is 5.19. The lowest BCUT2D eigenvalue weighted by Crippen LogP contribution is -2.31. The van der Waals surface area contributed by atoms with Crippen molar-refractivity contribution in [2.75, 3.05) is 13.1 Å². The van der Waals surface area contributed by atoms with Crippen molar-refractivity contribution in [1.82, 2.24) is 15.1 Å². The molecule has 1 aliphatic heterocycles. The van der Waals surface area contributed by atoms with Crippen LogP contribution in [0.1, 0.15) is 49.6 Å². The Labute approximate surface area is 132 Å². The number of hydrogen-bond acceptors (Lipinski definition) is 3. The van der Waals surface area contributed by atoms with Crippen LogP contribution in [-0.4, -0.2) is 28.2 Å². The quantitative estimate of drug-likeness (QED) is 0.849. The molecule has 3 rings (SSSR count). The van der Waals surface area contributed by atoms with Gasteiger partial charge in [0.15, 0.2) is 0 Å². The van der Waals surface area contributed by atoms with Gasteiger partial charge >= 0.3 is 6.18 Å². The minimum atomic E-state index is -4.65. The maximum absolute atomic E-state index is 13.2. The molecule has 0 spiro atoms. The Balaban J connectivity index is 1.95. The van der Waals surface area contributed by atoms with E-state index < -0.39 is 17.3 Å². The van der Waals surface area contributed by atoms with E-state index in [2.05, 4.69) is 23.5 Å². The number of hydrogen-bond donors (Lipinski definition) is 1. The zero-order valence-corrected chi connectivity index (χ0v) is 13.3. The van der Waals surface area contributed by atoms with Crippen LogP contribution < -0.4 is 5.56 Å². The van der Waals surface area contributed by atoms with Crippen molar-refractivity contribution < 1.29 is 13.2 Å². The van der Waals surface area contributed by atoms with Gasteiger partial charge in [-0.1, -0.05) is 19.1 Å². The number of rotatable bonds is 2. The molecule has 2 aliphatic rings. The lowest BCUT2D eigenvalue weighted by Gasteiger charge is -2.28. The number of alkyl halides is 3. The minimum Gasteiger partial charge on any atom is -0.294 e. The van der Waals surface area contributed by atoms with Crippen molar-refractivity contribution >= 4 is 0 Å². The van der Waals surface area contributed by atoms with E-state index in [1.54, 1.807) is 0 Å². The summed E-state index contributed by atoms with van der Waals surface area (Å²) in [6.07, 6.45) is -2.91. The molecule has 0 amide bonds. The lowest BCUT2D eigenvalue weighted by molar-refractivity contribution is -0.139. The molecule has 4 nitrogen and oxygen atoms in total. The Morgan fingerprint density at radius 3 is 2.74 bits per heavy atom.